The second-order valence-electron chi connectivity index (χ2n) is 3.77. The van der Waals surface area contributed by atoms with E-state index < -0.39 is 0 Å². The van der Waals surface area contributed by atoms with Crippen LogP contribution in [0.1, 0.15) is 31.0 Å². The van der Waals surface area contributed by atoms with Crippen LogP contribution < -0.4 is 0 Å². The second-order valence-corrected chi connectivity index (χ2v) is 4.39. The minimum Gasteiger partial charge on any atom is -0.258 e. The molecule has 0 spiro atoms. The summed E-state index contributed by atoms with van der Waals surface area (Å²) >= 11 is 6.08. The number of nitrogens with zero attached hydrogens (tertiary/aromatic N) is 2. The standard InChI is InChI=1S/C11H15ClN2O2/c1-3-4-9(12)7-10-11(14(15)16)8(2)5-6-13-10/h5-6,9H,3-4,7H2,1-2H3. The average molecular weight is 243 g/mol. The van der Waals surface area contributed by atoms with Crippen molar-refractivity contribution >= 4 is 17.3 Å². The van der Waals surface area contributed by atoms with Crippen molar-refractivity contribution < 1.29 is 4.92 Å². The lowest BCUT2D eigenvalue weighted by atomic mass is 10.1. The van der Waals surface area contributed by atoms with Gasteiger partial charge < -0.3 is 0 Å². The molecule has 0 saturated heterocycles. The third kappa shape index (κ3) is 3.17. The zero-order valence-corrected chi connectivity index (χ0v) is 10.2. The predicted octanol–water partition coefficient (Wildman–Crippen LogP) is 3.25. The monoisotopic (exact) mass is 242 g/mol. The van der Waals surface area contributed by atoms with Crippen molar-refractivity contribution in [3.8, 4) is 0 Å². The van der Waals surface area contributed by atoms with E-state index in [1.807, 2.05) is 6.92 Å². The van der Waals surface area contributed by atoms with Crippen molar-refractivity contribution in [2.45, 2.75) is 38.5 Å². The van der Waals surface area contributed by atoms with E-state index in [4.69, 9.17) is 11.6 Å². The molecule has 0 fully saturated rings. The third-order valence-electron chi connectivity index (χ3n) is 2.40. The Balaban J connectivity index is 2.95. The van der Waals surface area contributed by atoms with E-state index in [9.17, 15) is 10.1 Å². The van der Waals surface area contributed by atoms with E-state index in [0.717, 1.165) is 12.8 Å². The fourth-order valence-corrected chi connectivity index (χ4v) is 1.99. The van der Waals surface area contributed by atoms with Crippen LogP contribution in [0.15, 0.2) is 12.3 Å². The summed E-state index contributed by atoms with van der Waals surface area (Å²) in [6, 6.07) is 1.64. The molecule has 16 heavy (non-hydrogen) atoms. The number of halogens is 1. The topological polar surface area (TPSA) is 56.0 Å². The first kappa shape index (κ1) is 12.9. The number of aryl methyl sites for hydroxylation is 1. The summed E-state index contributed by atoms with van der Waals surface area (Å²) in [7, 11) is 0. The van der Waals surface area contributed by atoms with Gasteiger partial charge in [-0.2, -0.15) is 0 Å². The Kier molecular flexibility index (Phi) is 4.68. The predicted molar refractivity (Wildman–Crippen MR) is 63.9 cm³/mol. The molecule has 1 aromatic heterocycles. The first-order chi connectivity index (χ1) is 7.56. The van der Waals surface area contributed by atoms with Crippen LogP contribution in [-0.4, -0.2) is 15.3 Å². The van der Waals surface area contributed by atoms with Crippen molar-refractivity contribution in [1.82, 2.24) is 4.98 Å². The SMILES string of the molecule is CCCC(Cl)Cc1nccc(C)c1[N+](=O)[O-]. The fourth-order valence-electron chi connectivity index (χ4n) is 1.63. The van der Waals surface area contributed by atoms with Gasteiger partial charge in [-0.05, 0) is 19.4 Å². The Morgan fingerprint density at radius 3 is 2.88 bits per heavy atom. The fraction of sp³-hybridized carbons (Fsp3) is 0.545. The zero-order chi connectivity index (χ0) is 12.1. The Morgan fingerprint density at radius 2 is 2.31 bits per heavy atom. The number of rotatable bonds is 5. The summed E-state index contributed by atoms with van der Waals surface area (Å²) < 4.78 is 0. The Labute approximate surface area is 99.8 Å². The average Bonchev–Trinajstić information content (AvgIpc) is 2.17. The molecular weight excluding hydrogens is 228 g/mol. The van der Waals surface area contributed by atoms with Gasteiger partial charge in [-0.1, -0.05) is 13.3 Å². The third-order valence-corrected chi connectivity index (χ3v) is 2.77. The molecule has 0 aromatic carbocycles. The molecule has 0 amide bonds. The highest BCUT2D eigenvalue weighted by Gasteiger charge is 2.20. The smallest absolute Gasteiger partial charge is 0.258 e. The van der Waals surface area contributed by atoms with Crippen LogP contribution in [0.5, 0.6) is 0 Å². The molecule has 0 aliphatic heterocycles. The van der Waals surface area contributed by atoms with Crippen molar-refractivity contribution in [2.24, 2.45) is 0 Å². The molecule has 0 N–H and O–H groups in total. The van der Waals surface area contributed by atoms with E-state index in [1.54, 1.807) is 19.2 Å². The van der Waals surface area contributed by atoms with E-state index >= 15 is 0 Å². The van der Waals surface area contributed by atoms with Crippen LogP contribution in [0.4, 0.5) is 5.69 Å². The van der Waals surface area contributed by atoms with Gasteiger partial charge in [-0.3, -0.25) is 15.1 Å². The van der Waals surface area contributed by atoms with Crippen LogP contribution in [0, 0.1) is 17.0 Å². The maximum Gasteiger partial charge on any atom is 0.293 e. The number of aromatic nitrogens is 1. The maximum absolute atomic E-state index is 10.9. The van der Waals surface area contributed by atoms with Gasteiger partial charge in [-0.15, -0.1) is 11.6 Å². The van der Waals surface area contributed by atoms with Gasteiger partial charge in [0.1, 0.15) is 5.69 Å². The summed E-state index contributed by atoms with van der Waals surface area (Å²) in [6.07, 6.45) is 3.85. The van der Waals surface area contributed by atoms with Crippen molar-refractivity contribution in [1.29, 1.82) is 0 Å². The molecule has 0 radical (unpaired) electrons. The number of alkyl halides is 1. The van der Waals surface area contributed by atoms with E-state index in [2.05, 4.69) is 4.98 Å². The van der Waals surface area contributed by atoms with Crippen molar-refractivity contribution in [2.75, 3.05) is 0 Å². The first-order valence-electron chi connectivity index (χ1n) is 5.29. The van der Waals surface area contributed by atoms with Gasteiger partial charge in [0.05, 0.1) is 4.92 Å². The Hall–Kier alpha value is -1.16. The molecule has 0 aliphatic carbocycles. The molecule has 1 atom stereocenters. The van der Waals surface area contributed by atoms with Gasteiger partial charge in [0, 0.05) is 23.6 Å². The minimum atomic E-state index is -0.382. The molecule has 4 nitrogen and oxygen atoms in total. The number of nitro groups is 1. The van der Waals surface area contributed by atoms with Crippen LogP contribution >= 0.6 is 11.6 Å². The van der Waals surface area contributed by atoms with Gasteiger partial charge in [0.15, 0.2) is 0 Å². The second kappa shape index (κ2) is 5.80. The van der Waals surface area contributed by atoms with Crippen molar-refractivity contribution in [3.05, 3.63) is 33.6 Å². The summed E-state index contributed by atoms with van der Waals surface area (Å²) in [5.41, 5.74) is 1.22. The Bertz CT molecular complexity index is 382. The van der Waals surface area contributed by atoms with Gasteiger partial charge in [0.25, 0.3) is 5.69 Å². The van der Waals surface area contributed by atoms with Crippen LogP contribution in [-0.2, 0) is 6.42 Å². The van der Waals surface area contributed by atoms with E-state index in [1.165, 1.54) is 0 Å². The molecular formula is C11H15ClN2O2. The highest BCUT2D eigenvalue weighted by molar-refractivity contribution is 6.20. The Morgan fingerprint density at radius 1 is 1.62 bits per heavy atom. The summed E-state index contributed by atoms with van der Waals surface area (Å²) in [6.45, 7) is 3.75. The van der Waals surface area contributed by atoms with Gasteiger partial charge in [-0.25, -0.2) is 0 Å². The lowest BCUT2D eigenvalue weighted by Gasteiger charge is -2.08. The van der Waals surface area contributed by atoms with Gasteiger partial charge >= 0.3 is 0 Å². The highest BCUT2D eigenvalue weighted by Crippen LogP contribution is 2.24. The van der Waals surface area contributed by atoms with Crippen LogP contribution in [0.2, 0.25) is 0 Å². The highest BCUT2D eigenvalue weighted by atomic mass is 35.5. The molecule has 0 aliphatic rings. The van der Waals surface area contributed by atoms with Gasteiger partial charge in [0.2, 0.25) is 0 Å². The van der Waals surface area contributed by atoms with E-state index in [-0.39, 0.29) is 16.0 Å². The lowest BCUT2D eigenvalue weighted by Crippen LogP contribution is -2.08. The largest absolute Gasteiger partial charge is 0.293 e. The lowest BCUT2D eigenvalue weighted by molar-refractivity contribution is -0.386. The minimum absolute atomic E-state index is 0.0852. The molecule has 0 bridgehead atoms. The number of pyridine rings is 1. The zero-order valence-electron chi connectivity index (χ0n) is 9.44. The maximum atomic E-state index is 10.9. The van der Waals surface area contributed by atoms with Crippen LogP contribution in [0.25, 0.3) is 0 Å². The molecule has 88 valence electrons. The number of hydrogen-bond acceptors (Lipinski definition) is 3. The van der Waals surface area contributed by atoms with E-state index in [0.29, 0.717) is 17.7 Å². The van der Waals surface area contributed by atoms with Crippen LogP contribution in [0.3, 0.4) is 0 Å². The normalized spacial score (nSPS) is 12.4. The molecule has 1 heterocycles. The van der Waals surface area contributed by atoms with Crippen molar-refractivity contribution in [3.63, 3.8) is 0 Å². The molecule has 1 rings (SSSR count). The molecule has 1 aromatic rings. The molecule has 5 heteroatoms. The summed E-state index contributed by atoms with van der Waals surface area (Å²) in [5.74, 6) is 0. The summed E-state index contributed by atoms with van der Waals surface area (Å²) in [4.78, 5) is 14.6. The first-order valence-corrected chi connectivity index (χ1v) is 5.72. The quantitative estimate of drug-likeness (QED) is 0.452. The number of hydrogen-bond donors (Lipinski definition) is 0. The summed E-state index contributed by atoms with van der Waals surface area (Å²) in [5, 5.41) is 10.8. The molecule has 0 saturated carbocycles. The molecule has 1 unspecified atom stereocenters.